The summed E-state index contributed by atoms with van der Waals surface area (Å²) in [6.45, 7) is 3.73. The van der Waals surface area contributed by atoms with E-state index in [4.69, 9.17) is 16.7 Å². The first-order chi connectivity index (χ1) is 8.00. The maximum absolute atomic E-state index is 11.0. The van der Waals surface area contributed by atoms with Crippen LogP contribution in [0.5, 0.6) is 0 Å². The van der Waals surface area contributed by atoms with Crippen molar-refractivity contribution in [1.82, 2.24) is 4.57 Å². The topological polar surface area (TPSA) is 42.2 Å². The Hall–Kier alpha value is -1.74. The highest BCUT2D eigenvalue weighted by atomic mass is 35.5. The molecule has 88 valence electrons. The summed E-state index contributed by atoms with van der Waals surface area (Å²) in [7, 11) is 0. The molecule has 0 fully saturated rings. The number of benzene rings is 1. The molecule has 0 aliphatic carbocycles. The summed E-state index contributed by atoms with van der Waals surface area (Å²) in [6.07, 6.45) is 1.76. The lowest BCUT2D eigenvalue weighted by Gasteiger charge is -2.10. The van der Waals surface area contributed by atoms with Gasteiger partial charge in [0.15, 0.2) is 0 Å². The Morgan fingerprint density at radius 3 is 2.53 bits per heavy atom. The number of aromatic nitrogens is 1. The van der Waals surface area contributed by atoms with E-state index in [2.05, 4.69) is 0 Å². The van der Waals surface area contributed by atoms with Gasteiger partial charge in [-0.2, -0.15) is 0 Å². The van der Waals surface area contributed by atoms with Crippen LogP contribution < -0.4 is 0 Å². The van der Waals surface area contributed by atoms with Crippen molar-refractivity contribution in [2.75, 3.05) is 0 Å². The third kappa shape index (κ3) is 2.06. The van der Waals surface area contributed by atoms with E-state index in [1.807, 2.05) is 23.6 Å². The molecule has 17 heavy (non-hydrogen) atoms. The molecule has 0 aliphatic rings. The van der Waals surface area contributed by atoms with E-state index in [-0.39, 0.29) is 0 Å². The van der Waals surface area contributed by atoms with E-state index in [0.29, 0.717) is 16.3 Å². The van der Waals surface area contributed by atoms with Crippen LogP contribution in [0.2, 0.25) is 5.02 Å². The standard InChI is InChI=1S/C13H12ClNO2/c1-8-7-10(14)3-4-12(8)15-6-5-11(9(15)2)13(16)17/h3-7H,1-2H3,(H,16,17). The molecule has 2 rings (SSSR count). The van der Waals surface area contributed by atoms with Crippen LogP contribution in [0.1, 0.15) is 21.6 Å². The lowest BCUT2D eigenvalue weighted by Crippen LogP contribution is -2.02. The number of carboxylic acid groups (broad SMARTS) is 1. The predicted octanol–water partition coefficient (Wildman–Crippen LogP) is 3.45. The number of aryl methyl sites for hydroxylation is 1. The average molecular weight is 250 g/mol. The SMILES string of the molecule is Cc1cc(Cl)ccc1-n1ccc(C(=O)O)c1C. The van der Waals surface area contributed by atoms with Gasteiger partial charge in [0.1, 0.15) is 0 Å². The van der Waals surface area contributed by atoms with Gasteiger partial charge in [0.25, 0.3) is 0 Å². The summed E-state index contributed by atoms with van der Waals surface area (Å²) in [5, 5.41) is 9.68. The number of hydrogen-bond donors (Lipinski definition) is 1. The lowest BCUT2D eigenvalue weighted by molar-refractivity contribution is 0.0696. The highest BCUT2D eigenvalue weighted by Gasteiger charge is 2.13. The highest BCUT2D eigenvalue weighted by Crippen LogP contribution is 2.22. The Morgan fingerprint density at radius 1 is 1.29 bits per heavy atom. The first-order valence-electron chi connectivity index (χ1n) is 5.18. The molecule has 1 aromatic heterocycles. The van der Waals surface area contributed by atoms with E-state index >= 15 is 0 Å². The minimum Gasteiger partial charge on any atom is -0.478 e. The zero-order valence-electron chi connectivity index (χ0n) is 9.57. The Labute approximate surface area is 104 Å². The first kappa shape index (κ1) is 11.7. The molecule has 1 N–H and O–H groups in total. The van der Waals surface area contributed by atoms with Crippen LogP contribution in [-0.2, 0) is 0 Å². The Kier molecular flexibility index (Phi) is 2.94. The maximum Gasteiger partial charge on any atom is 0.337 e. The molecule has 0 radical (unpaired) electrons. The van der Waals surface area contributed by atoms with E-state index < -0.39 is 5.97 Å². The van der Waals surface area contributed by atoms with Crippen molar-refractivity contribution in [2.45, 2.75) is 13.8 Å². The van der Waals surface area contributed by atoms with Crippen LogP contribution in [0.4, 0.5) is 0 Å². The molecule has 2 aromatic rings. The van der Waals surface area contributed by atoms with Crippen molar-refractivity contribution in [1.29, 1.82) is 0 Å². The van der Waals surface area contributed by atoms with Crippen molar-refractivity contribution >= 4 is 17.6 Å². The summed E-state index contributed by atoms with van der Waals surface area (Å²) in [5.41, 5.74) is 2.98. The summed E-state index contributed by atoms with van der Waals surface area (Å²) in [6, 6.07) is 7.14. The number of carbonyl (C=O) groups is 1. The van der Waals surface area contributed by atoms with Gasteiger partial charge < -0.3 is 9.67 Å². The molecule has 0 saturated heterocycles. The van der Waals surface area contributed by atoms with Crippen LogP contribution in [0.3, 0.4) is 0 Å². The monoisotopic (exact) mass is 249 g/mol. The van der Waals surface area contributed by atoms with Gasteiger partial charge in [0.2, 0.25) is 0 Å². The molecule has 1 heterocycles. The molecular formula is C13H12ClNO2. The molecular weight excluding hydrogens is 238 g/mol. The van der Waals surface area contributed by atoms with Crippen molar-refractivity contribution in [3.8, 4) is 5.69 Å². The molecule has 0 spiro atoms. The largest absolute Gasteiger partial charge is 0.478 e. The van der Waals surface area contributed by atoms with Gasteiger partial charge >= 0.3 is 5.97 Å². The number of aromatic carboxylic acids is 1. The summed E-state index contributed by atoms with van der Waals surface area (Å²) < 4.78 is 1.86. The number of rotatable bonds is 2. The fourth-order valence-corrected chi connectivity index (χ4v) is 2.11. The zero-order chi connectivity index (χ0) is 12.6. The zero-order valence-corrected chi connectivity index (χ0v) is 10.3. The van der Waals surface area contributed by atoms with Crippen molar-refractivity contribution in [3.05, 3.63) is 52.3 Å². The fraction of sp³-hybridized carbons (Fsp3) is 0.154. The second-order valence-electron chi connectivity index (χ2n) is 3.92. The molecule has 4 heteroatoms. The third-order valence-electron chi connectivity index (χ3n) is 2.79. The smallest absolute Gasteiger partial charge is 0.337 e. The van der Waals surface area contributed by atoms with Gasteiger partial charge in [-0.3, -0.25) is 0 Å². The van der Waals surface area contributed by atoms with E-state index in [1.165, 1.54) is 0 Å². The van der Waals surface area contributed by atoms with Crippen molar-refractivity contribution in [2.24, 2.45) is 0 Å². The molecule has 0 atom stereocenters. The molecule has 0 aliphatic heterocycles. The van der Waals surface area contributed by atoms with Gasteiger partial charge in [-0.15, -0.1) is 0 Å². The van der Waals surface area contributed by atoms with Gasteiger partial charge in [-0.05, 0) is 43.7 Å². The lowest BCUT2D eigenvalue weighted by atomic mass is 10.2. The number of hydrogen-bond acceptors (Lipinski definition) is 1. The number of halogens is 1. The van der Waals surface area contributed by atoms with Crippen LogP contribution in [0, 0.1) is 13.8 Å². The second-order valence-corrected chi connectivity index (χ2v) is 4.36. The Bertz CT molecular complexity index is 587. The van der Waals surface area contributed by atoms with Gasteiger partial charge in [0, 0.05) is 22.6 Å². The predicted molar refractivity (Wildman–Crippen MR) is 67.2 cm³/mol. The average Bonchev–Trinajstić information content (AvgIpc) is 2.60. The number of carboxylic acids is 1. The Balaban J connectivity index is 2.57. The van der Waals surface area contributed by atoms with E-state index in [9.17, 15) is 4.79 Å². The normalized spacial score (nSPS) is 10.5. The summed E-state index contributed by atoms with van der Waals surface area (Å²) in [5.74, 6) is -0.909. The van der Waals surface area contributed by atoms with Crippen LogP contribution >= 0.6 is 11.6 Å². The molecule has 0 bridgehead atoms. The molecule has 0 amide bonds. The van der Waals surface area contributed by atoms with Crippen LogP contribution in [0.25, 0.3) is 5.69 Å². The van der Waals surface area contributed by atoms with Crippen LogP contribution in [0.15, 0.2) is 30.5 Å². The molecule has 0 unspecified atom stereocenters. The maximum atomic E-state index is 11.0. The highest BCUT2D eigenvalue weighted by molar-refractivity contribution is 6.30. The minimum absolute atomic E-state index is 0.319. The van der Waals surface area contributed by atoms with E-state index in [0.717, 1.165) is 11.3 Å². The second kappa shape index (κ2) is 4.26. The van der Waals surface area contributed by atoms with Gasteiger partial charge in [-0.1, -0.05) is 11.6 Å². The molecule has 0 saturated carbocycles. The van der Waals surface area contributed by atoms with Gasteiger partial charge in [-0.25, -0.2) is 4.79 Å². The quantitative estimate of drug-likeness (QED) is 0.886. The summed E-state index contributed by atoms with van der Waals surface area (Å²) in [4.78, 5) is 11.0. The summed E-state index contributed by atoms with van der Waals surface area (Å²) >= 11 is 5.90. The van der Waals surface area contributed by atoms with Gasteiger partial charge in [0.05, 0.1) is 5.56 Å². The number of nitrogens with zero attached hydrogens (tertiary/aromatic N) is 1. The van der Waals surface area contributed by atoms with E-state index in [1.54, 1.807) is 25.3 Å². The van der Waals surface area contributed by atoms with Crippen molar-refractivity contribution < 1.29 is 9.90 Å². The third-order valence-corrected chi connectivity index (χ3v) is 3.03. The molecule has 3 nitrogen and oxygen atoms in total. The first-order valence-corrected chi connectivity index (χ1v) is 5.56. The Morgan fingerprint density at radius 2 is 2.00 bits per heavy atom. The minimum atomic E-state index is -0.909. The van der Waals surface area contributed by atoms with Crippen molar-refractivity contribution in [3.63, 3.8) is 0 Å². The van der Waals surface area contributed by atoms with Crippen LogP contribution in [-0.4, -0.2) is 15.6 Å². The molecule has 1 aromatic carbocycles. The fourth-order valence-electron chi connectivity index (χ4n) is 1.89.